The summed E-state index contributed by atoms with van der Waals surface area (Å²) in [7, 11) is 0. The monoisotopic (exact) mass is 361 g/mol. The summed E-state index contributed by atoms with van der Waals surface area (Å²) in [5.41, 5.74) is -0.952. The second-order valence-corrected chi connectivity index (χ2v) is 6.20. The van der Waals surface area contributed by atoms with E-state index < -0.39 is 23.6 Å². The molecule has 0 fully saturated rings. The van der Waals surface area contributed by atoms with Gasteiger partial charge in [0.1, 0.15) is 0 Å². The Morgan fingerprint density at radius 3 is 2.29 bits per heavy atom. The maximum absolute atomic E-state index is 12.5. The average molecular weight is 362 g/mol. The molecule has 6 heteroatoms. The van der Waals surface area contributed by atoms with E-state index >= 15 is 0 Å². The Bertz CT molecular complexity index is 815. The second kappa shape index (κ2) is 7.48. The van der Waals surface area contributed by atoms with Crippen LogP contribution in [0.2, 0.25) is 10.0 Å². The van der Waals surface area contributed by atoms with Crippen LogP contribution in [0.3, 0.4) is 0 Å². The van der Waals surface area contributed by atoms with Crippen LogP contribution in [0.5, 0.6) is 0 Å². The van der Waals surface area contributed by atoms with Crippen LogP contribution in [-0.4, -0.2) is 16.9 Å². The summed E-state index contributed by atoms with van der Waals surface area (Å²) in [5, 5.41) is 19.5. The van der Waals surface area contributed by atoms with Crippen molar-refractivity contribution >= 4 is 35.0 Å². The minimum absolute atomic E-state index is 0.0628. The van der Waals surface area contributed by atoms with E-state index in [0.717, 1.165) is 0 Å². The van der Waals surface area contributed by atoms with Crippen molar-refractivity contribution in [2.75, 3.05) is 0 Å². The second-order valence-electron chi connectivity index (χ2n) is 5.39. The van der Waals surface area contributed by atoms with Crippen LogP contribution in [0.4, 0.5) is 0 Å². The lowest BCUT2D eigenvalue weighted by atomic mass is 9.78. The van der Waals surface area contributed by atoms with E-state index in [1.165, 1.54) is 18.2 Å². The first-order valence-corrected chi connectivity index (χ1v) is 7.80. The molecular weight excluding hydrogens is 349 g/mol. The van der Waals surface area contributed by atoms with Crippen molar-refractivity contribution in [3.63, 3.8) is 0 Å². The van der Waals surface area contributed by atoms with E-state index in [-0.39, 0.29) is 17.0 Å². The van der Waals surface area contributed by atoms with Gasteiger partial charge >= 0.3 is 5.97 Å². The first-order chi connectivity index (χ1) is 11.4. The third-order valence-electron chi connectivity index (χ3n) is 3.68. The zero-order chi connectivity index (χ0) is 17.7. The summed E-state index contributed by atoms with van der Waals surface area (Å²) in [6.45, 7) is 0. The fourth-order valence-electron chi connectivity index (χ4n) is 2.33. The van der Waals surface area contributed by atoms with Crippen molar-refractivity contribution < 1.29 is 14.7 Å². The molecule has 1 unspecified atom stereocenters. The van der Waals surface area contributed by atoms with Crippen LogP contribution in [0.15, 0.2) is 48.5 Å². The smallest absolute Gasteiger partial charge is 0.324 e. The van der Waals surface area contributed by atoms with Crippen molar-refractivity contribution in [3.8, 4) is 6.07 Å². The molecule has 24 heavy (non-hydrogen) atoms. The molecule has 0 saturated carbocycles. The van der Waals surface area contributed by atoms with E-state index in [2.05, 4.69) is 0 Å². The minimum Gasteiger partial charge on any atom is -0.480 e. The number of nitriles is 1. The largest absolute Gasteiger partial charge is 0.480 e. The van der Waals surface area contributed by atoms with Crippen LogP contribution in [0.25, 0.3) is 0 Å². The quantitative estimate of drug-likeness (QED) is 0.773. The van der Waals surface area contributed by atoms with Gasteiger partial charge < -0.3 is 5.11 Å². The summed E-state index contributed by atoms with van der Waals surface area (Å²) in [5.74, 6) is -1.81. The fourth-order valence-corrected chi connectivity index (χ4v) is 2.63. The zero-order valence-electron chi connectivity index (χ0n) is 12.5. The van der Waals surface area contributed by atoms with Gasteiger partial charge in [0.2, 0.25) is 0 Å². The van der Waals surface area contributed by atoms with Crippen molar-refractivity contribution in [2.45, 2.75) is 12.8 Å². The Labute approximate surface area is 149 Å². The summed E-state index contributed by atoms with van der Waals surface area (Å²) < 4.78 is 0. The van der Waals surface area contributed by atoms with Gasteiger partial charge in [-0.3, -0.25) is 9.59 Å². The Morgan fingerprint density at radius 1 is 1.08 bits per heavy atom. The first-order valence-electron chi connectivity index (χ1n) is 7.05. The van der Waals surface area contributed by atoms with E-state index in [4.69, 9.17) is 23.2 Å². The molecule has 2 rings (SSSR count). The molecule has 122 valence electrons. The number of benzene rings is 2. The molecule has 0 aliphatic rings. The molecule has 0 radical (unpaired) electrons. The third kappa shape index (κ3) is 3.94. The van der Waals surface area contributed by atoms with Crippen molar-refractivity contribution in [1.82, 2.24) is 0 Å². The number of carboxylic acids is 1. The standard InChI is InChI=1S/C18H13Cl2NO3/c19-14-7-6-13(8-15(14)20)16(22)10-18(11-21,17(23)24)9-12-4-2-1-3-5-12/h1-8H,9-10H2,(H,23,24). The number of aliphatic carboxylic acids is 1. The predicted molar refractivity (Wildman–Crippen MR) is 91.2 cm³/mol. The molecule has 0 amide bonds. The first kappa shape index (κ1) is 18.0. The van der Waals surface area contributed by atoms with Gasteiger partial charge in [0.15, 0.2) is 11.2 Å². The lowest BCUT2D eigenvalue weighted by Gasteiger charge is -2.21. The maximum atomic E-state index is 12.5. The number of ketones is 1. The van der Waals surface area contributed by atoms with Gasteiger partial charge in [-0.15, -0.1) is 0 Å². The molecule has 0 aliphatic carbocycles. The minimum atomic E-state index is -1.84. The lowest BCUT2D eigenvalue weighted by molar-refractivity contribution is -0.145. The molecule has 1 atom stereocenters. The number of hydrogen-bond acceptors (Lipinski definition) is 3. The van der Waals surface area contributed by atoms with Crippen LogP contribution in [0, 0.1) is 16.7 Å². The molecule has 2 aromatic rings. The van der Waals surface area contributed by atoms with Crippen LogP contribution < -0.4 is 0 Å². The summed E-state index contributed by atoms with van der Waals surface area (Å²) in [4.78, 5) is 24.2. The highest BCUT2D eigenvalue weighted by molar-refractivity contribution is 6.42. The Kier molecular flexibility index (Phi) is 5.61. The number of carbonyl (C=O) groups excluding carboxylic acids is 1. The molecule has 0 heterocycles. The Balaban J connectivity index is 2.32. The summed E-state index contributed by atoms with van der Waals surface area (Å²) in [6.07, 6.45) is -0.515. The highest BCUT2D eigenvalue weighted by atomic mass is 35.5. The third-order valence-corrected chi connectivity index (χ3v) is 4.42. The molecular formula is C18H13Cl2NO3. The van der Waals surface area contributed by atoms with E-state index in [9.17, 15) is 20.0 Å². The molecule has 0 spiro atoms. The zero-order valence-corrected chi connectivity index (χ0v) is 14.0. The van der Waals surface area contributed by atoms with E-state index in [1.807, 2.05) is 6.07 Å². The lowest BCUT2D eigenvalue weighted by Crippen LogP contribution is -2.34. The molecule has 2 aromatic carbocycles. The molecule has 4 nitrogen and oxygen atoms in total. The number of carbonyl (C=O) groups is 2. The normalized spacial score (nSPS) is 12.9. The molecule has 0 aliphatic heterocycles. The summed E-state index contributed by atoms with van der Waals surface area (Å²) in [6, 6.07) is 14.8. The van der Waals surface area contributed by atoms with Crippen LogP contribution in [0.1, 0.15) is 22.3 Å². The van der Waals surface area contributed by atoms with Gasteiger partial charge in [0, 0.05) is 18.4 Å². The van der Waals surface area contributed by atoms with Gasteiger partial charge in [0.25, 0.3) is 0 Å². The number of halogens is 2. The van der Waals surface area contributed by atoms with Gasteiger partial charge in [-0.1, -0.05) is 53.5 Å². The van der Waals surface area contributed by atoms with Crippen molar-refractivity contribution in [2.24, 2.45) is 5.41 Å². The Hall–Kier alpha value is -2.35. The van der Waals surface area contributed by atoms with Crippen LogP contribution >= 0.6 is 23.2 Å². The summed E-state index contributed by atoms with van der Waals surface area (Å²) >= 11 is 11.7. The van der Waals surface area contributed by atoms with Crippen molar-refractivity contribution in [3.05, 3.63) is 69.7 Å². The molecule has 0 aromatic heterocycles. The maximum Gasteiger partial charge on any atom is 0.324 e. The van der Waals surface area contributed by atoms with E-state index in [0.29, 0.717) is 10.6 Å². The predicted octanol–water partition coefficient (Wildman–Crippen LogP) is 4.40. The number of Topliss-reactive ketones (excluding diaryl/α,β-unsaturated/α-hetero) is 1. The fraction of sp³-hybridized carbons (Fsp3) is 0.167. The van der Waals surface area contributed by atoms with Gasteiger partial charge in [-0.2, -0.15) is 5.26 Å². The molecule has 0 saturated heterocycles. The number of hydrogen-bond donors (Lipinski definition) is 1. The topological polar surface area (TPSA) is 78.2 Å². The van der Waals surface area contributed by atoms with E-state index in [1.54, 1.807) is 30.3 Å². The highest BCUT2D eigenvalue weighted by Crippen LogP contribution is 2.30. The molecule has 1 N–H and O–H groups in total. The van der Waals surface area contributed by atoms with Crippen molar-refractivity contribution in [1.29, 1.82) is 5.26 Å². The van der Waals surface area contributed by atoms with Gasteiger partial charge in [0.05, 0.1) is 16.1 Å². The highest BCUT2D eigenvalue weighted by Gasteiger charge is 2.41. The SMILES string of the molecule is N#CC(CC(=O)c1ccc(Cl)c(Cl)c1)(Cc1ccccc1)C(=O)O. The Morgan fingerprint density at radius 2 is 1.75 bits per heavy atom. The van der Waals surface area contributed by atoms with Gasteiger partial charge in [-0.05, 0) is 23.8 Å². The average Bonchev–Trinajstić information content (AvgIpc) is 2.57. The number of carboxylic acid groups (broad SMARTS) is 1. The number of nitrogens with zero attached hydrogens (tertiary/aromatic N) is 1. The van der Waals surface area contributed by atoms with Gasteiger partial charge in [-0.25, -0.2) is 0 Å². The number of rotatable bonds is 6. The van der Waals surface area contributed by atoms with Crippen LogP contribution in [-0.2, 0) is 11.2 Å². The molecule has 0 bridgehead atoms.